The van der Waals surface area contributed by atoms with Gasteiger partial charge in [0.05, 0.1) is 15.2 Å². The Morgan fingerprint density at radius 3 is 2.90 bits per heavy atom. The Morgan fingerprint density at radius 1 is 1.40 bits per heavy atom. The highest BCUT2D eigenvalue weighted by Gasteiger charge is 2.14. The van der Waals surface area contributed by atoms with Crippen molar-refractivity contribution in [3.05, 3.63) is 45.8 Å². The van der Waals surface area contributed by atoms with Crippen LogP contribution in [0.5, 0.6) is 0 Å². The Balaban J connectivity index is 2.25. The van der Waals surface area contributed by atoms with E-state index in [4.69, 9.17) is 11.6 Å². The maximum atomic E-state index is 12.2. The van der Waals surface area contributed by atoms with Crippen LogP contribution < -0.4 is 10.6 Å². The van der Waals surface area contributed by atoms with Crippen molar-refractivity contribution in [1.29, 1.82) is 0 Å². The quantitative estimate of drug-likeness (QED) is 0.880. The molecule has 0 saturated carbocycles. The van der Waals surface area contributed by atoms with Crippen LogP contribution >= 0.6 is 27.5 Å². The number of anilines is 2. The molecule has 2 aromatic rings. The Labute approximate surface area is 129 Å². The van der Waals surface area contributed by atoms with E-state index in [2.05, 4.69) is 36.5 Å². The van der Waals surface area contributed by atoms with Crippen molar-refractivity contribution < 1.29 is 4.79 Å². The second-order valence-electron chi connectivity index (χ2n) is 3.87. The van der Waals surface area contributed by atoms with Crippen molar-refractivity contribution in [3.63, 3.8) is 0 Å². The van der Waals surface area contributed by atoms with Crippen LogP contribution in [0.3, 0.4) is 0 Å². The van der Waals surface area contributed by atoms with E-state index < -0.39 is 0 Å². The minimum absolute atomic E-state index is 0.175. The number of aromatic nitrogens is 2. The zero-order valence-electron chi connectivity index (χ0n) is 10.7. The number of amides is 1. The predicted molar refractivity (Wildman–Crippen MR) is 83.3 cm³/mol. The molecule has 2 heterocycles. The van der Waals surface area contributed by atoms with Crippen LogP contribution in [-0.4, -0.2) is 22.4 Å². The number of hydrogen-bond acceptors (Lipinski definition) is 4. The lowest BCUT2D eigenvalue weighted by Gasteiger charge is -2.09. The van der Waals surface area contributed by atoms with E-state index in [0.29, 0.717) is 27.5 Å². The standard InChI is InChI=1S/C13H12BrClN4O/c1-2-17-11-4-3-9(15)12(19-11)13(20)18-10-5-6-16-7-8(10)14/h3-7H,2H2,1H3,(H,17,19)(H,16,18,20). The molecule has 2 rings (SSSR count). The van der Waals surface area contributed by atoms with Crippen molar-refractivity contribution in [2.24, 2.45) is 0 Å². The van der Waals surface area contributed by atoms with E-state index in [1.54, 1.807) is 30.6 Å². The smallest absolute Gasteiger partial charge is 0.275 e. The molecule has 2 N–H and O–H groups in total. The summed E-state index contributed by atoms with van der Waals surface area (Å²) in [5, 5.41) is 6.07. The first-order valence-corrected chi connectivity index (χ1v) is 7.10. The molecule has 0 spiro atoms. The summed E-state index contributed by atoms with van der Waals surface area (Å²) in [4.78, 5) is 20.3. The number of hydrogen-bond donors (Lipinski definition) is 2. The molecule has 5 nitrogen and oxygen atoms in total. The van der Waals surface area contributed by atoms with E-state index in [-0.39, 0.29) is 11.6 Å². The summed E-state index contributed by atoms with van der Waals surface area (Å²) >= 11 is 9.33. The van der Waals surface area contributed by atoms with Gasteiger partial charge in [0.1, 0.15) is 11.5 Å². The summed E-state index contributed by atoms with van der Waals surface area (Å²) < 4.78 is 0.687. The predicted octanol–water partition coefficient (Wildman–Crippen LogP) is 3.58. The van der Waals surface area contributed by atoms with Gasteiger partial charge in [0.15, 0.2) is 0 Å². The fourth-order valence-electron chi connectivity index (χ4n) is 1.54. The summed E-state index contributed by atoms with van der Waals surface area (Å²) in [5.74, 6) is 0.234. The average molecular weight is 356 g/mol. The minimum atomic E-state index is -0.373. The summed E-state index contributed by atoms with van der Waals surface area (Å²) in [6.45, 7) is 2.66. The third-order valence-corrected chi connectivity index (χ3v) is 3.38. The molecule has 0 saturated heterocycles. The van der Waals surface area contributed by atoms with Crippen LogP contribution in [0.15, 0.2) is 35.1 Å². The maximum Gasteiger partial charge on any atom is 0.275 e. The largest absolute Gasteiger partial charge is 0.370 e. The molecule has 0 aromatic carbocycles. The second-order valence-corrected chi connectivity index (χ2v) is 5.13. The summed E-state index contributed by atoms with van der Waals surface area (Å²) in [6.07, 6.45) is 3.18. The first-order valence-electron chi connectivity index (χ1n) is 5.93. The van der Waals surface area contributed by atoms with E-state index in [9.17, 15) is 4.79 Å². The number of nitrogens with zero attached hydrogens (tertiary/aromatic N) is 2. The van der Waals surface area contributed by atoms with Crippen molar-refractivity contribution in [1.82, 2.24) is 9.97 Å². The van der Waals surface area contributed by atoms with Gasteiger partial charge in [-0.2, -0.15) is 0 Å². The van der Waals surface area contributed by atoms with Gasteiger partial charge in [-0.15, -0.1) is 0 Å². The topological polar surface area (TPSA) is 66.9 Å². The van der Waals surface area contributed by atoms with Gasteiger partial charge in [0, 0.05) is 18.9 Å². The van der Waals surface area contributed by atoms with Crippen LogP contribution in [0.4, 0.5) is 11.5 Å². The second kappa shape index (κ2) is 6.67. The van der Waals surface area contributed by atoms with Crippen molar-refractivity contribution in [3.8, 4) is 0 Å². The van der Waals surface area contributed by atoms with Gasteiger partial charge in [0.25, 0.3) is 5.91 Å². The van der Waals surface area contributed by atoms with Gasteiger partial charge in [-0.25, -0.2) is 4.98 Å². The first kappa shape index (κ1) is 14.7. The van der Waals surface area contributed by atoms with Crippen molar-refractivity contribution in [2.75, 3.05) is 17.2 Å². The highest BCUT2D eigenvalue weighted by atomic mass is 79.9. The van der Waals surface area contributed by atoms with Crippen LogP contribution in [0.25, 0.3) is 0 Å². The molecule has 0 fully saturated rings. The molecule has 7 heteroatoms. The molecule has 1 amide bonds. The number of carbonyl (C=O) groups excluding carboxylic acids is 1. The first-order chi connectivity index (χ1) is 9.61. The van der Waals surface area contributed by atoms with Crippen LogP contribution in [0.1, 0.15) is 17.4 Å². The third kappa shape index (κ3) is 3.46. The fourth-order valence-corrected chi connectivity index (χ4v) is 2.08. The van der Waals surface area contributed by atoms with Crippen molar-refractivity contribution >= 4 is 44.9 Å². The zero-order valence-corrected chi connectivity index (χ0v) is 13.0. The van der Waals surface area contributed by atoms with Gasteiger partial charge in [-0.05, 0) is 41.1 Å². The number of carbonyl (C=O) groups is 1. The molecule has 0 radical (unpaired) electrons. The number of halogens is 2. The van der Waals surface area contributed by atoms with Gasteiger partial charge in [-0.3, -0.25) is 9.78 Å². The van der Waals surface area contributed by atoms with Crippen LogP contribution in [-0.2, 0) is 0 Å². The highest BCUT2D eigenvalue weighted by Crippen LogP contribution is 2.22. The number of pyridine rings is 2. The Bertz CT molecular complexity index is 636. The fraction of sp³-hybridized carbons (Fsp3) is 0.154. The zero-order chi connectivity index (χ0) is 14.5. The summed E-state index contributed by atoms with van der Waals surface area (Å²) in [6, 6.07) is 5.05. The van der Waals surface area contributed by atoms with E-state index in [1.807, 2.05) is 6.92 Å². The third-order valence-electron chi connectivity index (χ3n) is 2.44. The molecule has 20 heavy (non-hydrogen) atoms. The van der Waals surface area contributed by atoms with Gasteiger partial charge < -0.3 is 10.6 Å². The monoisotopic (exact) mass is 354 g/mol. The molecule has 0 unspecified atom stereocenters. The van der Waals surface area contributed by atoms with Crippen molar-refractivity contribution in [2.45, 2.75) is 6.92 Å². The Kier molecular flexibility index (Phi) is 4.92. The van der Waals surface area contributed by atoms with Gasteiger partial charge in [-0.1, -0.05) is 11.6 Å². The van der Waals surface area contributed by atoms with E-state index >= 15 is 0 Å². The molecule has 0 bridgehead atoms. The molecule has 104 valence electrons. The van der Waals surface area contributed by atoms with Gasteiger partial charge >= 0.3 is 0 Å². The molecule has 0 aliphatic heterocycles. The van der Waals surface area contributed by atoms with Crippen LogP contribution in [0.2, 0.25) is 5.02 Å². The summed E-state index contributed by atoms with van der Waals surface area (Å²) in [7, 11) is 0. The lowest BCUT2D eigenvalue weighted by Crippen LogP contribution is -2.15. The normalized spacial score (nSPS) is 10.2. The molecule has 0 aliphatic rings. The summed E-state index contributed by atoms with van der Waals surface area (Å²) in [5.41, 5.74) is 0.783. The number of rotatable bonds is 4. The lowest BCUT2D eigenvalue weighted by atomic mass is 10.3. The maximum absolute atomic E-state index is 12.2. The lowest BCUT2D eigenvalue weighted by molar-refractivity contribution is 0.102. The van der Waals surface area contributed by atoms with E-state index in [1.165, 1.54) is 0 Å². The minimum Gasteiger partial charge on any atom is -0.370 e. The molecular formula is C13H12BrClN4O. The molecule has 2 aromatic heterocycles. The van der Waals surface area contributed by atoms with Gasteiger partial charge in [0.2, 0.25) is 0 Å². The Morgan fingerprint density at radius 2 is 2.20 bits per heavy atom. The average Bonchev–Trinajstić information content (AvgIpc) is 2.43. The molecule has 0 aliphatic carbocycles. The highest BCUT2D eigenvalue weighted by molar-refractivity contribution is 9.10. The molecular weight excluding hydrogens is 344 g/mol. The SMILES string of the molecule is CCNc1ccc(Cl)c(C(=O)Nc2ccncc2Br)n1. The number of nitrogens with one attached hydrogen (secondary N) is 2. The molecule has 0 atom stereocenters. The van der Waals surface area contributed by atoms with E-state index in [0.717, 1.165) is 0 Å². The van der Waals surface area contributed by atoms with Crippen LogP contribution in [0, 0.1) is 0 Å². The Hall–Kier alpha value is -1.66.